The molecule has 0 radical (unpaired) electrons. The summed E-state index contributed by atoms with van der Waals surface area (Å²) >= 11 is 0. The van der Waals surface area contributed by atoms with Crippen LogP contribution in [0, 0.1) is 0 Å². The monoisotopic (exact) mass is 472 g/mol. The average Bonchev–Trinajstić information content (AvgIpc) is 3.44. The van der Waals surface area contributed by atoms with Crippen molar-refractivity contribution in [1.29, 1.82) is 0 Å². The third kappa shape index (κ3) is 4.87. The van der Waals surface area contributed by atoms with Crippen molar-refractivity contribution in [2.45, 2.75) is 43.7 Å². The molecule has 1 fully saturated rings. The molecule has 0 amide bonds. The number of ether oxygens (including phenoxy) is 1. The van der Waals surface area contributed by atoms with Crippen LogP contribution in [0.3, 0.4) is 0 Å². The Balaban J connectivity index is 1.51. The molecule has 1 saturated carbocycles. The van der Waals surface area contributed by atoms with Gasteiger partial charge in [0.15, 0.2) is 23.8 Å². The van der Waals surface area contributed by atoms with Gasteiger partial charge in [0.2, 0.25) is 5.95 Å². The van der Waals surface area contributed by atoms with Crippen molar-refractivity contribution >= 4 is 11.6 Å². The molecule has 1 aliphatic carbocycles. The number of oxazole rings is 1. The molecule has 2 aromatic heterocycles. The van der Waals surface area contributed by atoms with Crippen molar-refractivity contribution in [3.05, 3.63) is 66.9 Å². The molecule has 0 aliphatic heterocycles. The Bertz CT molecular complexity index is 1270. The zero-order valence-corrected chi connectivity index (χ0v) is 19.5. The van der Waals surface area contributed by atoms with Crippen LogP contribution in [0.2, 0.25) is 0 Å². The lowest BCUT2D eigenvalue weighted by molar-refractivity contribution is -0.0225. The number of nitrogens with one attached hydrogen (secondary N) is 1. The van der Waals surface area contributed by atoms with E-state index < -0.39 is 11.6 Å². The molecule has 1 aliphatic rings. The standard InChI is InChI=1S/C26H28N6O3/c1-34-20-14-18(10-11-19(20)21-15-28-16-35-21)29-25-31-23(17-8-4-2-5-9-17)30-24(32-25)22(27)26(33)12-6-3-7-13-26/h2,4-5,8-11,14-16,22,33H,3,6-7,12-13,27H2,1H3,(H,29,30,31,32). The van der Waals surface area contributed by atoms with Crippen LogP contribution in [0.25, 0.3) is 22.7 Å². The van der Waals surface area contributed by atoms with Crippen LogP contribution >= 0.6 is 0 Å². The van der Waals surface area contributed by atoms with Crippen LogP contribution in [-0.4, -0.2) is 37.8 Å². The van der Waals surface area contributed by atoms with Crippen molar-refractivity contribution in [3.8, 4) is 28.5 Å². The molecule has 4 aromatic rings. The molecular formula is C26H28N6O3. The second-order valence-corrected chi connectivity index (χ2v) is 8.75. The van der Waals surface area contributed by atoms with E-state index in [-0.39, 0.29) is 0 Å². The van der Waals surface area contributed by atoms with Gasteiger partial charge in [-0.1, -0.05) is 49.6 Å². The number of aromatic nitrogens is 4. The fourth-order valence-corrected chi connectivity index (χ4v) is 4.47. The van der Waals surface area contributed by atoms with Crippen LogP contribution in [0.15, 0.2) is 65.5 Å². The van der Waals surface area contributed by atoms with Crippen LogP contribution in [-0.2, 0) is 0 Å². The lowest BCUT2D eigenvalue weighted by atomic mass is 9.79. The first-order chi connectivity index (χ1) is 17.1. The summed E-state index contributed by atoms with van der Waals surface area (Å²) in [6.45, 7) is 0. The number of anilines is 2. The van der Waals surface area contributed by atoms with E-state index in [1.807, 2.05) is 48.5 Å². The van der Waals surface area contributed by atoms with Crippen LogP contribution in [0.4, 0.5) is 11.6 Å². The van der Waals surface area contributed by atoms with Crippen molar-refractivity contribution in [2.75, 3.05) is 12.4 Å². The average molecular weight is 473 g/mol. The van der Waals surface area contributed by atoms with E-state index in [9.17, 15) is 5.11 Å². The molecular weight excluding hydrogens is 444 g/mol. The summed E-state index contributed by atoms with van der Waals surface area (Å²) in [6, 6.07) is 14.5. The number of nitrogens with two attached hydrogens (primary N) is 1. The van der Waals surface area contributed by atoms with Gasteiger partial charge in [-0.3, -0.25) is 0 Å². The minimum absolute atomic E-state index is 0.332. The maximum Gasteiger partial charge on any atom is 0.231 e. The number of hydrogen-bond donors (Lipinski definition) is 3. The Morgan fingerprint density at radius 3 is 2.57 bits per heavy atom. The van der Waals surface area contributed by atoms with Gasteiger partial charge in [-0.05, 0) is 25.0 Å². The number of nitrogens with zero attached hydrogens (tertiary/aromatic N) is 4. The van der Waals surface area contributed by atoms with Gasteiger partial charge in [-0.2, -0.15) is 9.97 Å². The van der Waals surface area contributed by atoms with Gasteiger partial charge < -0.3 is 25.3 Å². The number of hydrogen-bond acceptors (Lipinski definition) is 9. The molecule has 2 heterocycles. The first-order valence-corrected chi connectivity index (χ1v) is 11.7. The van der Waals surface area contributed by atoms with Gasteiger partial charge in [0, 0.05) is 17.3 Å². The summed E-state index contributed by atoms with van der Waals surface area (Å²) in [5.74, 6) is 2.39. The lowest BCUT2D eigenvalue weighted by Gasteiger charge is -2.36. The summed E-state index contributed by atoms with van der Waals surface area (Å²) in [6.07, 6.45) is 7.23. The van der Waals surface area contributed by atoms with E-state index in [2.05, 4.69) is 25.3 Å². The van der Waals surface area contributed by atoms with E-state index in [4.69, 9.17) is 14.9 Å². The summed E-state index contributed by atoms with van der Waals surface area (Å²) in [5.41, 5.74) is 7.86. The highest BCUT2D eigenvalue weighted by Gasteiger charge is 2.38. The Morgan fingerprint density at radius 2 is 1.86 bits per heavy atom. The fourth-order valence-electron chi connectivity index (χ4n) is 4.47. The quantitative estimate of drug-likeness (QED) is 0.352. The SMILES string of the molecule is COc1cc(Nc2nc(-c3ccccc3)nc(C(N)C3(O)CCCCC3)n2)ccc1-c1cnco1. The highest BCUT2D eigenvalue weighted by molar-refractivity contribution is 5.71. The maximum absolute atomic E-state index is 11.2. The van der Waals surface area contributed by atoms with E-state index in [0.717, 1.165) is 30.4 Å². The molecule has 1 unspecified atom stereocenters. The first-order valence-electron chi connectivity index (χ1n) is 11.7. The highest BCUT2D eigenvalue weighted by atomic mass is 16.5. The molecule has 4 N–H and O–H groups in total. The van der Waals surface area contributed by atoms with Crippen molar-refractivity contribution in [3.63, 3.8) is 0 Å². The topological polar surface area (TPSA) is 132 Å². The molecule has 35 heavy (non-hydrogen) atoms. The molecule has 9 nitrogen and oxygen atoms in total. The van der Waals surface area contributed by atoms with Crippen LogP contribution in [0.5, 0.6) is 5.75 Å². The lowest BCUT2D eigenvalue weighted by Crippen LogP contribution is -2.43. The Kier molecular flexibility index (Phi) is 6.43. The minimum atomic E-state index is -1.03. The molecule has 5 rings (SSSR count). The zero-order valence-electron chi connectivity index (χ0n) is 19.5. The van der Waals surface area contributed by atoms with Gasteiger partial charge in [0.05, 0.1) is 30.5 Å². The largest absolute Gasteiger partial charge is 0.496 e. The normalized spacial score (nSPS) is 16.0. The van der Waals surface area contributed by atoms with Gasteiger partial charge in [-0.25, -0.2) is 9.97 Å². The smallest absolute Gasteiger partial charge is 0.231 e. The van der Waals surface area contributed by atoms with E-state index >= 15 is 0 Å². The van der Waals surface area contributed by atoms with Crippen LogP contribution < -0.4 is 15.8 Å². The Morgan fingerprint density at radius 1 is 1.06 bits per heavy atom. The molecule has 0 saturated heterocycles. The molecule has 0 bridgehead atoms. The molecule has 0 spiro atoms. The molecule has 2 aromatic carbocycles. The zero-order chi connectivity index (χ0) is 24.3. The third-order valence-corrected chi connectivity index (χ3v) is 6.42. The first kappa shape index (κ1) is 22.9. The molecule has 1 atom stereocenters. The highest BCUT2D eigenvalue weighted by Crippen LogP contribution is 2.37. The molecule has 180 valence electrons. The Hall–Kier alpha value is -3.82. The number of benzene rings is 2. The van der Waals surface area contributed by atoms with Gasteiger partial charge in [0.1, 0.15) is 5.75 Å². The fraction of sp³-hybridized carbons (Fsp3) is 0.308. The minimum Gasteiger partial charge on any atom is -0.496 e. The Labute approximate surface area is 203 Å². The van der Waals surface area contributed by atoms with Gasteiger partial charge >= 0.3 is 0 Å². The van der Waals surface area contributed by atoms with E-state index in [1.54, 1.807) is 13.3 Å². The van der Waals surface area contributed by atoms with Gasteiger partial charge in [-0.15, -0.1) is 0 Å². The predicted molar refractivity (Wildman–Crippen MR) is 132 cm³/mol. The second kappa shape index (κ2) is 9.81. The third-order valence-electron chi connectivity index (χ3n) is 6.42. The van der Waals surface area contributed by atoms with Crippen LogP contribution in [0.1, 0.15) is 44.0 Å². The second-order valence-electron chi connectivity index (χ2n) is 8.75. The summed E-state index contributed by atoms with van der Waals surface area (Å²) < 4.78 is 11.0. The predicted octanol–water partition coefficient (Wildman–Crippen LogP) is 4.64. The maximum atomic E-state index is 11.2. The molecule has 9 heteroatoms. The van der Waals surface area contributed by atoms with E-state index in [1.165, 1.54) is 6.39 Å². The van der Waals surface area contributed by atoms with Crippen molar-refractivity contribution < 1.29 is 14.3 Å². The number of methoxy groups -OCH3 is 1. The summed E-state index contributed by atoms with van der Waals surface area (Å²) in [4.78, 5) is 17.9. The summed E-state index contributed by atoms with van der Waals surface area (Å²) in [7, 11) is 1.59. The number of aliphatic hydroxyl groups is 1. The van der Waals surface area contributed by atoms with Crippen molar-refractivity contribution in [2.24, 2.45) is 5.73 Å². The summed E-state index contributed by atoms with van der Waals surface area (Å²) in [5, 5.41) is 14.5. The van der Waals surface area contributed by atoms with E-state index in [0.29, 0.717) is 47.6 Å². The number of rotatable bonds is 7. The van der Waals surface area contributed by atoms with Crippen molar-refractivity contribution in [1.82, 2.24) is 19.9 Å². The van der Waals surface area contributed by atoms with Gasteiger partial charge in [0.25, 0.3) is 0 Å².